The number of aromatic nitrogens is 2. The minimum Gasteiger partial charge on any atom is -0.422 e. The predicted octanol–water partition coefficient (Wildman–Crippen LogP) is 9.43. The van der Waals surface area contributed by atoms with Crippen LogP contribution in [-0.4, -0.2) is 15.9 Å². The smallest absolute Gasteiger partial charge is 0.343 e. The molecule has 1 aromatic heterocycles. The fourth-order valence-corrected chi connectivity index (χ4v) is 4.85. The SMILES string of the molecule is CCCCCCCCCc1cnc(-c2ccc(C(=O)Oc3ccc(CCCCCCCC)cc3C#N)cc2)nc1. The van der Waals surface area contributed by atoms with Crippen molar-refractivity contribution in [1.82, 2.24) is 9.97 Å². The summed E-state index contributed by atoms with van der Waals surface area (Å²) >= 11 is 0. The third kappa shape index (κ3) is 10.6. The van der Waals surface area contributed by atoms with E-state index in [1.807, 2.05) is 36.7 Å². The molecule has 0 bridgehead atoms. The molecule has 0 aliphatic rings. The van der Waals surface area contributed by atoms with E-state index in [2.05, 4.69) is 29.9 Å². The van der Waals surface area contributed by atoms with Gasteiger partial charge in [0.25, 0.3) is 0 Å². The quantitative estimate of drug-likeness (QED) is 0.0914. The number of hydrogen-bond donors (Lipinski definition) is 0. The molecule has 2 aromatic carbocycles. The van der Waals surface area contributed by atoms with Gasteiger partial charge in [0, 0.05) is 18.0 Å². The molecule has 0 fully saturated rings. The van der Waals surface area contributed by atoms with E-state index in [-0.39, 0.29) is 0 Å². The number of nitriles is 1. The molecule has 1 heterocycles. The average molecular weight is 540 g/mol. The summed E-state index contributed by atoms with van der Waals surface area (Å²) in [6, 6.07) is 14.8. The van der Waals surface area contributed by atoms with Crippen LogP contribution in [0.1, 0.15) is 124 Å². The minimum absolute atomic E-state index is 0.295. The summed E-state index contributed by atoms with van der Waals surface area (Å²) in [5.41, 5.74) is 3.90. The van der Waals surface area contributed by atoms with Gasteiger partial charge in [-0.3, -0.25) is 0 Å². The van der Waals surface area contributed by atoms with Crippen molar-refractivity contribution in [3.63, 3.8) is 0 Å². The van der Waals surface area contributed by atoms with Crippen molar-refractivity contribution in [2.24, 2.45) is 0 Å². The molecule has 0 amide bonds. The molecule has 5 heteroatoms. The number of nitrogens with zero attached hydrogens (tertiary/aromatic N) is 3. The van der Waals surface area contributed by atoms with Crippen LogP contribution in [0.3, 0.4) is 0 Å². The lowest BCUT2D eigenvalue weighted by molar-refractivity contribution is 0.0734. The Hall–Kier alpha value is -3.52. The minimum atomic E-state index is -0.488. The van der Waals surface area contributed by atoms with Crippen LogP contribution in [-0.2, 0) is 12.8 Å². The van der Waals surface area contributed by atoms with Gasteiger partial charge in [0.1, 0.15) is 11.8 Å². The van der Waals surface area contributed by atoms with Gasteiger partial charge < -0.3 is 4.74 Å². The van der Waals surface area contributed by atoms with Crippen LogP contribution in [0.25, 0.3) is 11.4 Å². The Morgan fingerprint density at radius 1 is 0.725 bits per heavy atom. The number of esters is 1. The maximum atomic E-state index is 12.8. The zero-order valence-corrected chi connectivity index (χ0v) is 24.5. The summed E-state index contributed by atoms with van der Waals surface area (Å²) < 4.78 is 5.59. The molecule has 3 rings (SSSR count). The van der Waals surface area contributed by atoms with Crippen LogP contribution in [0.2, 0.25) is 0 Å². The van der Waals surface area contributed by atoms with Gasteiger partial charge in [-0.2, -0.15) is 5.26 Å². The van der Waals surface area contributed by atoms with E-state index in [4.69, 9.17) is 4.74 Å². The maximum absolute atomic E-state index is 12.8. The van der Waals surface area contributed by atoms with E-state index in [1.54, 1.807) is 18.2 Å². The Bertz CT molecular complexity index is 1200. The van der Waals surface area contributed by atoms with Crippen LogP contribution >= 0.6 is 0 Å². The standard InChI is InChI=1S/C35H45N3O2/c1-3-5-7-9-11-13-15-17-29-26-37-34(38-27-29)30-19-21-31(22-20-30)35(39)40-33-23-18-28(24-32(33)25-36)16-14-12-10-8-6-4-2/h18-24,26-27H,3-17H2,1-2H3. The summed E-state index contributed by atoms with van der Waals surface area (Å²) in [6.07, 6.45) is 22.1. The monoisotopic (exact) mass is 539 g/mol. The first-order chi connectivity index (χ1) is 19.6. The number of benzene rings is 2. The van der Waals surface area contributed by atoms with E-state index < -0.39 is 5.97 Å². The Labute approximate surface area is 241 Å². The largest absolute Gasteiger partial charge is 0.422 e. The van der Waals surface area contributed by atoms with Crippen LogP contribution < -0.4 is 4.74 Å². The van der Waals surface area contributed by atoms with Crippen LogP contribution in [0.5, 0.6) is 5.75 Å². The molecular weight excluding hydrogens is 494 g/mol. The number of unbranched alkanes of at least 4 members (excludes halogenated alkanes) is 11. The molecule has 212 valence electrons. The highest BCUT2D eigenvalue weighted by Gasteiger charge is 2.13. The number of carbonyl (C=O) groups is 1. The summed E-state index contributed by atoms with van der Waals surface area (Å²) in [7, 11) is 0. The molecule has 0 saturated carbocycles. The van der Waals surface area contributed by atoms with E-state index in [0.29, 0.717) is 22.7 Å². The van der Waals surface area contributed by atoms with Crippen molar-refractivity contribution in [2.45, 2.75) is 110 Å². The van der Waals surface area contributed by atoms with Crippen molar-refractivity contribution < 1.29 is 9.53 Å². The molecule has 0 spiro atoms. The molecule has 0 aliphatic carbocycles. The molecule has 0 aliphatic heterocycles. The molecule has 5 nitrogen and oxygen atoms in total. The Balaban J connectivity index is 1.49. The lowest BCUT2D eigenvalue weighted by atomic mass is 10.0. The first-order valence-corrected chi connectivity index (χ1v) is 15.3. The fourth-order valence-electron chi connectivity index (χ4n) is 4.85. The van der Waals surface area contributed by atoms with Gasteiger partial charge in [-0.1, -0.05) is 103 Å². The van der Waals surface area contributed by atoms with Crippen LogP contribution in [0, 0.1) is 11.3 Å². The van der Waals surface area contributed by atoms with Crippen LogP contribution in [0.15, 0.2) is 54.9 Å². The first-order valence-electron chi connectivity index (χ1n) is 15.3. The number of ether oxygens (including phenoxy) is 1. The molecule has 0 radical (unpaired) electrons. The number of hydrogen-bond acceptors (Lipinski definition) is 5. The highest BCUT2D eigenvalue weighted by Crippen LogP contribution is 2.23. The van der Waals surface area contributed by atoms with Crippen LogP contribution in [0.4, 0.5) is 0 Å². The second-order valence-electron chi connectivity index (χ2n) is 10.7. The Morgan fingerprint density at radius 2 is 1.27 bits per heavy atom. The zero-order chi connectivity index (χ0) is 28.4. The van der Waals surface area contributed by atoms with Crippen molar-refractivity contribution in [1.29, 1.82) is 5.26 Å². The topological polar surface area (TPSA) is 75.9 Å². The molecule has 0 atom stereocenters. The second kappa shape index (κ2) is 17.9. The predicted molar refractivity (Wildman–Crippen MR) is 162 cm³/mol. The third-order valence-corrected chi connectivity index (χ3v) is 7.34. The maximum Gasteiger partial charge on any atom is 0.343 e. The van der Waals surface area contributed by atoms with E-state index in [1.165, 1.54) is 77.0 Å². The lowest BCUT2D eigenvalue weighted by Crippen LogP contribution is -2.09. The summed E-state index contributed by atoms with van der Waals surface area (Å²) in [6.45, 7) is 4.47. The van der Waals surface area contributed by atoms with Crippen molar-refractivity contribution in [3.05, 3.63) is 77.1 Å². The van der Waals surface area contributed by atoms with Gasteiger partial charge in [0.15, 0.2) is 5.82 Å². The number of aryl methyl sites for hydroxylation is 2. The molecule has 0 unspecified atom stereocenters. The van der Waals surface area contributed by atoms with Gasteiger partial charge in [-0.05, 0) is 61.1 Å². The highest BCUT2D eigenvalue weighted by atomic mass is 16.5. The lowest BCUT2D eigenvalue weighted by Gasteiger charge is -2.09. The Kier molecular flexibility index (Phi) is 13.9. The van der Waals surface area contributed by atoms with E-state index in [9.17, 15) is 10.1 Å². The third-order valence-electron chi connectivity index (χ3n) is 7.34. The molecule has 0 saturated heterocycles. The summed E-state index contributed by atoms with van der Waals surface area (Å²) in [4.78, 5) is 21.9. The Morgan fingerprint density at radius 3 is 1.85 bits per heavy atom. The van der Waals surface area contributed by atoms with E-state index in [0.717, 1.165) is 36.0 Å². The average Bonchev–Trinajstić information content (AvgIpc) is 2.99. The van der Waals surface area contributed by atoms with Gasteiger partial charge in [-0.25, -0.2) is 14.8 Å². The molecule has 0 N–H and O–H groups in total. The van der Waals surface area contributed by atoms with Gasteiger partial charge >= 0.3 is 5.97 Å². The molecule has 3 aromatic rings. The fraction of sp³-hybridized carbons (Fsp3) is 0.486. The van der Waals surface area contributed by atoms with Crippen molar-refractivity contribution >= 4 is 5.97 Å². The molecule has 40 heavy (non-hydrogen) atoms. The number of rotatable bonds is 18. The van der Waals surface area contributed by atoms with Gasteiger partial charge in [-0.15, -0.1) is 0 Å². The van der Waals surface area contributed by atoms with Crippen molar-refractivity contribution in [2.75, 3.05) is 0 Å². The van der Waals surface area contributed by atoms with E-state index >= 15 is 0 Å². The normalized spacial score (nSPS) is 10.8. The summed E-state index contributed by atoms with van der Waals surface area (Å²) in [5, 5.41) is 9.62. The van der Waals surface area contributed by atoms with Gasteiger partial charge in [0.05, 0.1) is 11.1 Å². The highest BCUT2D eigenvalue weighted by molar-refractivity contribution is 5.91. The summed E-state index contributed by atoms with van der Waals surface area (Å²) in [5.74, 6) is 0.441. The van der Waals surface area contributed by atoms with Crippen molar-refractivity contribution in [3.8, 4) is 23.2 Å². The zero-order valence-electron chi connectivity index (χ0n) is 24.5. The molecular formula is C35H45N3O2. The first kappa shape index (κ1) is 31.0. The van der Waals surface area contributed by atoms with Gasteiger partial charge in [0.2, 0.25) is 0 Å². The number of carbonyl (C=O) groups excluding carboxylic acids is 1. The second-order valence-corrected chi connectivity index (χ2v) is 10.7.